The maximum atomic E-state index is 14.1. The lowest BCUT2D eigenvalue weighted by Crippen LogP contribution is -2.46. The van der Waals surface area contributed by atoms with Crippen LogP contribution in [0.5, 0.6) is 0 Å². The van der Waals surface area contributed by atoms with Gasteiger partial charge in [-0.2, -0.15) is 0 Å². The highest BCUT2D eigenvalue weighted by atomic mass is 32.2. The lowest BCUT2D eigenvalue weighted by molar-refractivity contribution is -0.153. The number of hydrogen-bond donors (Lipinski definition) is 0. The van der Waals surface area contributed by atoms with E-state index in [-0.39, 0.29) is 47.0 Å². The van der Waals surface area contributed by atoms with E-state index in [1.165, 1.54) is 0 Å². The van der Waals surface area contributed by atoms with Gasteiger partial charge in [-0.15, -0.1) is 0 Å². The van der Waals surface area contributed by atoms with Crippen LogP contribution in [0.3, 0.4) is 0 Å². The second-order valence-corrected chi connectivity index (χ2v) is 22.1. The van der Waals surface area contributed by atoms with Gasteiger partial charge >= 0.3 is 12.1 Å². The Morgan fingerprint density at radius 3 is 2.20 bits per heavy atom. The molecule has 10 atom stereocenters. The van der Waals surface area contributed by atoms with Gasteiger partial charge in [-0.3, -0.25) is 9.69 Å². The summed E-state index contributed by atoms with van der Waals surface area (Å²) in [6.45, 7) is 28.3. The first-order valence-electron chi connectivity index (χ1n) is 21.9. The van der Waals surface area contributed by atoms with Crippen LogP contribution in [0.2, 0.25) is 0 Å². The molecule has 0 bridgehead atoms. The molecule has 12 nitrogen and oxygen atoms in total. The molecule has 0 saturated carbocycles. The van der Waals surface area contributed by atoms with Crippen LogP contribution in [0.4, 0.5) is 4.79 Å². The molecule has 0 aliphatic carbocycles. The zero-order valence-corrected chi connectivity index (χ0v) is 38.9. The fourth-order valence-corrected chi connectivity index (χ4v) is 10.6. The monoisotopic (exact) mass is 859 g/mol. The van der Waals surface area contributed by atoms with Crippen LogP contribution in [-0.4, -0.2) is 112 Å². The van der Waals surface area contributed by atoms with Gasteiger partial charge in [0.1, 0.15) is 11.3 Å². The Hall–Kier alpha value is -2.81. The van der Waals surface area contributed by atoms with Crippen molar-refractivity contribution in [1.82, 2.24) is 4.90 Å². The first-order valence-corrected chi connectivity index (χ1v) is 23.5. The number of nitrogens with zero attached hydrogens (tertiary/aromatic N) is 1. The average molecular weight is 860 g/mol. The van der Waals surface area contributed by atoms with Gasteiger partial charge in [-0.1, -0.05) is 37.8 Å². The van der Waals surface area contributed by atoms with Crippen molar-refractivity contribution < 1.29 is 51.2 Å². The van der Waals surface area contributed by atoms with E-state index in [1.807, 2.05) is 74.4 Å². The number of ether oxygens (including phenoxy) is 7. The van der Waals surface area contributed by atoms with Crippen molar-refractivity contribution in [2.24, 2.45) is 17.3 Å². The molecule has 0 radical (unpaired) electrons. The number of rotatable bonds is 15. The van der Waals surface area contributed by atoms with Crippen LogP contribution in [0.25, 0.3) is 0 Å². The van der Waals surface area contributed by atoms with Gasteiger partial charge in [-0.25, -0.2) is 13.2 Å². The van der Waals surface area contributed by atoms with Crippen LogP contribution in [0.1, 0.15) is 119 Å². The molecule has 1 aromatic carbocycles. The largest absolute Gasteiger partial charge is 0.465 e. The molecule has 4 aliphatic rings. The fraction of sp³-hybridized carbons (Fsp3) is 0.745. The number of carbonyl (C=O) groups is 2. The molecule has 0 aromatic heterocycles. The van der Waals surface area contributed by atoms with E-state index < -0.39 is 63.0 Å². The molecule has 13 heteroatoms. The minimum Gasteiger partial charge on any atom is -0.465 e. The van der Waals surface area contributed by atoms with Gasteiger partial charge in [0.25, 0.3) is 0 Å². The van der Waals surface area contributed by atoms with Gasteiger partial charge in [0, 0.05) is 25.9 Å². The molecule has 1 amide bonds. The molecule has 4 aliphatic heterocycles. The molecule has 0 N–H and O–H groups in total. The standard InChI is InChI=1S/C47H73NO11S/c1-29-16-19-36(20-17-29)60(51,52)28-37-40(57-41(42(37)53-13)25-35-27-48(47(11,12)58-35)44(50)59-46(8,9)10)26-39-32(4)30(2)23-34(56-39)18-21-38-31(3)24-33(55-38)15-14-22-54-43(49)45(5,6)7/h16-17,19-20,30,33-35,37-42H,3-4,14-15,18,21-28H2,1-2,5-13H3/t30-,33+,34+,35+,37+,38+,39-,40+,41-,42-/m1/s1. The predicted octanol–water partition coefficient (Wildman–Crippen LogP) is 8.53. The number of sulfone groups is 1. The Labute approximate surface area is 359 Å². The molecule has 4 saturated heterocycles. The topological polar surface area (TPSA) is 136 Å². The van der Waals surface area contributed by atoms with Crippen LogP contribution in [0, 0.1) is 24.2 Å². The molecule has 4 fully saturated rings. The maximum absolute atomic E-state index is 14.1. The Kier molecular flexibility index (Phi) is 15.5. The molecule has 4 heterocycles. The van der Waals surface area contributed by atoms with E-state index in [4.69, 9.17) is 33.2 Å². The maximum Gasteiger partial charge on any atom is 0.412 e. The number of benzene rings is 1. The van der Waals surface area contributed by atoms with Crippen LogP contribution in [-0.2, 0) is 47.8 Å². The third kappa shape index (κ3) is 12.4. The highest BCUT2D eigenvalue weighted by molar-refractivity contribution is 7.91. The SMILES string of the molecule is C=C1C[C@H](CCCOC(=O)C(C)(C)C)O[C@H]1CC[C@H]1C[C@@H](C)C(=C)[C@@H](C[C@@H]2O[C@H](C[C@H]3CN(C(=O)OC(C)(C)C)C(C)(C)O3)[C@H](OC)[C@H]2CS(=O)(=O)c2ccc(C)cc2)O1. The number of methoxy groups -OCH3 is 1. The van der Waals surface area contributed by atoms with E-state index in [0.29, 0.717) is 26.0 Å². The Morgan fingerprint density at radius 1 is 0.900 bits per heavy atom. The Balaban J connectivity index is 1.26. The molecule has 60 heavy (non-hydrogen) atoms. The summed E-state index contributed by atoms with van der Waals surface area (Å²) in [6, 6.07) is 6.93. The zero-order chi connectivity index (χ0) is 44.4. The minimum absolute atomic E-state index is 0.0463. The lowest BCUT2D eigenvalue weighted by atomic mass is 9.83. The quantitative estimate of drug-likeness (QED) is 0.0954. The third-order valence-corrected chi connectivity index (χ3v) is 14.1. The molecule has 1 aromatic rings. The summed E-state index contributed by atoms with van der Waals surface area (Å²) in [5.74, 6) is -0.700. The van der Waals surface area contributed by atoms with E-state index in [2.05, 4.69) is 20.1 Å². The van der Waals surface area contributed by atoms with Gasteiger partial charge < -0.3 is 33.2 Å². The summed E-state index contributed by atoms with van der Waals surface area (Å²) in [6.07, 6.45) is 2.61. The number of hydrogen-bond acceptors (Lipinski definition) is 11. The molecule has 338 valence electrons. The molecule has 5 rings (SSSR count). The van der Waals surface area contributed by atoms with Gasteiger partial charge in [0.2, 0.25) is 0 Å². The van der Waals surface area contributed by atoms with Crippen molar-refractivity contribution in [3.63, 3.8) is 0 Å². The van der Waals surface area contributed by atoms with Crippen molar-refractivity contribution in [3.8, 4) is 0 Å². The van der Waals surface area contributed by atoms with Gasteiger partial charge in [0.15, 0.2) is 9.84 Å². The number of carbonyl (C=O) groups excluding carboxylic acids is 2. The fourth-order valence-electron chi connectivity index (χ4n) is 8.97. The Morgan fingerprint density at radius 2 is 1.57 bits per heavy atom. The van der Waals surface area contributed by atoms with Crippen molar-refractivity contribution in [1.29, 1.82) is 0 Å². The van der Waals surface area contributed by atoms with E-state index in [9.17, 15) is 18.0 Å². The molecular formula is C47H73NO11S. The van der Waals surface area contributed by atoms with Crippen molar-refractivity contribution in [2.45, 2.75) is 186 Å². The predicted molar refractivity (Wildman–Crippen MR) is 230 cm³/mol. The first-order chi connectivity index (χ1) is 27.9. The highest BCUT2D eigenvalue weighted by Crippen LogP contribution is 2.42. The molecule has 0 unspecified atom stereocenters. The summed E-state index contributed by atoms with van der Waals surface area (Å²) in [4.78, 5) is 27.2. The summed E-state index contributed by atoms with van der Waals surface area (Å²) in [5, 5.41) is 0. The third-order valence-electron chi connectivity index (χ3n) is 12.3. The number of aryl methyl sites for hydroxylation is 1. The minimum atomic E-state index is -3.73. The summed E-state index contributed by atoms with van der Waals surface area (Å²) >= 11 is 0. The van der Waals surface area contributed by atoms with Gasteiger partial charge in [-0.05, 0) is 130 Å². The Bertz CT molecular complexity index is 1780. The second-order valence-electron chi connectivity index (χ2n) is 20.1. The van der Waals surface area contributed by atoms with Crippen molar-refractivity contribution >= 4 is 21.9 Å². The molecular weight excluding hydrogens is 787 g/mol. The number of amides is 1. The van der Waals surface area contributed by atoms with Crippen molar-refractivity contribution in [3.05, 3.63) is 54.1 Å². The number of esters is 1. The lowest BCUT2D eigenvalue weighted by Gasteiger charge is -2.38. The van der Waals surface area contributed by atoms with E-state index in [0.717, 1.165) is 55.2 Å². The average Bonchev–Trinajstić information content (AvgIpc) is 3.76. The van der Waals surface area contributed by atoms with Crippen molar-refractivity contribution in [2.75, 3.05) is 26.0 Å². The smallest absolute Gasteiger partial charge is 0.412 e. The summed E-state index contributed by atoms with van der Waals surface area (Å²) in [7, 11) is -2.13. The normalized spacial score (nSPS) is 31.1. The highest BCUT2D eigenvalue weighted by Gasteiger charge is 2.52. The van der Waals surface area contributed by atoms with Crippen LogP contribution >= 0.6 is 0 Å². The summed E-state index contributed by atoms with van der Waals surface area (Å²) < 4.78 is 71.9. The zero-order valence-electron chi connectivity index (χ0n) is 38.1. The summed E-state index contributed by atoms with van der Waals surface area (Å²) in [5.41, 5.74) is 0.915. The van der Waals surface area contributed by atoms with E-state index >= 15 is 0 Å². The second kappa shape index (κ2) is 19.3. The van der Waals surface area contributed by atoms with Crippen LogP contribution in [0.15, 0.2) is 53.5 Å². The van der Waals surface area contributed by atoms with Gasteiger partial charge in [0.05, 0.1) is 78.0 Å². The first kappa shape index (κ1) is 48.2. The van der Waals surface area contributed by atoms with Crippen LogP contribution < -0.4 is 0 Å². The molecule has 0 spiro atoms. The van der Waals surface area contributed by atoms with E-state index in [1.54, 1.807) is 24.1 Å².